The summed E-state index contributed by atoms with van der Waals surface area (Å²) in [5.41, 5.74) is 6.17. The van der Waals surface area contributed by atoms with Gasteiger partial charge >= 0.3 is 0 Å². The van der Waals surface area contributed by atoms with E-state index in [2.05, 4.69) is 0 Å². The van der Waals surface area contributed by atoms with Crippen LogP contribution in [0, 0.1) is 101 Å². The Labute approximate surface area is 303 Å². The molecule has 17 aliphatic rings. The van der Waals surface area contributed by atoms with Gasteiger partial charge in [-0.2, -0.15) is 0 Å². The third kappa shape index (κ3) is 4.91. The molecule has 17 aliphatic carbocycles. The molecular weight excluding hydrogens is 626 g/mol. The van der Waals surface area contributed by atoms with Crippen molar-refractivity contribution in [3.63, 3.8) is 0 Å². The summed E-state index contributed by atoms with van der Waals surface area (Å²) < 4.78 is 0. The normalized spacial score (nSPS) is 62.7. The molecule has 2 unspecified atom stereocenters. The predicted molar refractivity (Wildman–Crippen MR) is 208 cm³/mol. The Hall–Kier alpha value is 0.860. The second kappa shape index (κ2) is 11.7. The highest BCUT2D eigenvalue weighted by Crippen LogP contribution is 2.77. The molecule has 49 heavy (non-hydrogen) atoms. The first kappa shape index (κ1) is 31.1. The van der Waals surface area contributed by atoms with Crippen molar-refractivity contribution in [3.8, 4) is 0 Å². The maximum atomic E-state index is 1.83. The lowest BCUT2D eigenvalue weighted by atomic mass is 9.55. The second-order valence-electron chi connectivity index (χ2n) is 23.4. The van der Waals surface area contributed by atoms with E-state index in [1.54, 1.807) is 154 Å². The first-order valence-electron chi connectivity index (χ1n) is 23.7. The van der Waals surface area contributed by atoms with Gasteiger partial charge in [0.2, 0.25) is 0 Å². The van der Waals surface area contributed by atoms with Crippen molar-refractivity contribution in [1.29, 1.82) is 0 Å². The zero-order valence-electron chi connectivity index (χ0n) is 31.3. The lowest BCUT2D eigenvalue weighted by Crippen LogP contribution is -2.55. The van der Waals surface area contributed by atoms with Gasteiger partial charge in [0, 0.05) is 0 Å². The molecule has 0 aliphatic heterocycles. The van der Waals surface area contributed by atoms with E-state index in [1.807, 2.05) is 6.16 Å². The summed E-state index contributed by atoms with van der Waals surface area (Å²) in [7, 11) is 0.420. The molecule has 0 radical (unpaired) electrons. The molecule has 16 bridgehead atoms. The van der Waals surface area contributed by atoms with Gasteiger partial charge in [-0.1, -0.05) is 28.7 Å². The average molecular weight is 699 g/mol. The van der Waals surface area contributed by atoms with Crippen LogP contribution in [-0.4, -0.2) is 34.5 Å². The lowest BCUT2D eigenvalue weighted by Gasteiger charge is -2.65. The molecule has 17 rings (SSSR count). The molecule has 270 valence electrons. The minimum Gasteiger partial charge on any atom is -0.0989 e. The second-order valence-corrected chi connectivity index (χ2v) is 28.8. The van der Waals surface area contributed by atoms with E-state index < -0.39 is 0 Å². The molecule has 0 N–H and O–H groups in total. The number of hydrogen-bond acceptors (Lipinski definition) is 0. The molecular formula is C47H72P2. The Bertz CT molecular complexity index is 1090. The van der Waals surface area contributed by atoms with E-state index >= 15 is 0 Å². The fraction of sp³-hybridized carbons (Fsp3) is 1.00. The first-order chi connectivity index (χ1) is 24.1. The Morgan fingerprint density at radius 2 is 0.592 bits per heavy atom. The summed E-state index contributed by atoms with van der Waals surface area (Å²) in [4.78, 5) is 0. The van der Waals surface area contributed by atoms with Crippen molar-refractivity contribution >= 4 is 15.8 Å². The van der Waals surface area contributed by atoms with Gasteiger partial charge in [-0.25, -0.2) is 0 Å². The molecule has 0 aromatic carbocycles. The van der Waals surface area contributed by atoms with Crippen LogP contribution in [0.1, 0.15) is 154 Å². The average Bonchev–Trinajstić information content (AvgIpc) is 3.06. The highest BCUT2D eigenvalue weighted by Gasteiger charge is 2.61. The van der Waals surface area contributed by atoms with E-state index in [-0.39, 0.29) is 15.8 Å². The SMILES string of the molecule is C1CCC(P(C2C3CC4CC(C3)CC2C4)C2C3CC4CC(C3)CC2C4)C(CP(C2C3CC4CC(C3)CC2C4)C2C3CC4CC(C3)CC2C4)C1. The molecule has 2 heteroatoms. The quantitative estimate of drug-likeness (QED) is 0.232. The molecule has 0 aromatic rings. The maximum Gasteiger partial charge on any atom is -0.0147 e. The number of hydrogen-bond donors (Lipinski definition) is 0. The van der Waals surface area contributed by atoms with Gasteiger partial charge in [0.1, 0.15) is 0 Å². The molecule has 0 nitrogen and oxygen atoms in total. The predicted octanol–water partition coefficient (Wildman–Crippen LogP) is 12.8. The first-order valence-corrected chi connectivity index (χ1v) is 26.9. The summed E-state index contributed by atoms with van der Waals surface area (Å²) in [5.74, 6) is 20.0. The van der Waals surface area contributed by atoms with Gasteiger partial charge in [-0.05, 0) is 276 Å². The van der Waals surface area contributed by atoms with Crippen LogP contribution in [0.3, 0.4) is 0 Å². The van der Waals surface area contributed by atoms with Crippen LogP contribution in [0.15, 0.2) is 0 Å². The van der Waals surface area contributed by atoms with E-state index in [0.29, 0.717) is 0 Å². The molecule has 0 heterocycles. The van der Waals surface area contributed by atoms with Crippen LogP contribution in [0.5, 0.6) is 0 Å². The molecule has 0 spiro atoms. The van der Waals surface area contributed by atoms with Crippen molar-refractivity contribution < 1.29 is 0 Å². The van der Waals surface area contributed by atoms with Crippen molar-refractivity contribution in [2.45, 2.75) is 182 Å². The Morgan fingerprint density at radius 3 is 0.918 bits per heavy atom. The van der Waals surface area contributed by atoms with Gasteiger partial charge < -0.3 is 0 Å². The zero-order valence-corrected chi connectivity index (χ0v) is 33.1. The molecule has 0 aromatic heterocycles. The van der Waals surface area contributed by atoms with Gasteiger partial charge in [-0.15, -0.1) is 0 Å². The van der Waals surface area contributed by atoms with Crippen molar-refractivity contribution in [2.75, 3.05) is 6.16 Å². The smallest absolute Gasteiger partial charge is 0.0147 e. The van der Waals surface area contributed by atoms with E-state index in [4.69, 9.17) is 0 Å². The number of rotatable bonds is 7. The highest BCUT2D eigenvalue weighted by molar-refractivity contribution is 7.61. The van der Waals surface area contributed by atoms with E-state index in [0.717, 1.165) is 23.7 Å². The van der Waals surface area contributed by atoms with Crippen LogP contribution in [0.2, 0.25) is 0 Å². The van der Waals surface area contributed by atoms with Crippen molar-refractivity contribution in [1.82, 2.24) is 0 Å². The van der Waals surface area contributed by atoms with Gasteiger partial charge in [0.05, 0.1) is 0 Å². The zero-order chi connectivity index (χ0) is 31.5. The van der Waals surface area contributed by atoms with Crippen molar-refractivity contribution in [2.24, 2.45) is 101 Å². The van der Waals surface area contributed by atoms with Gasteiger partial charge in [-0.3, -0.25) is 0 Å². The minimum absolute atomic E-state index is 0.203. The van der Waals surface area contributed by atoms with Gasteiger partial charge in [0.25, 0.3) is 0 Å². The fourth-order valence-corrected chi connectivity index (χ4v) is 31.4. The van der Waals surface area contributed by atoms with E-state index in [9.17, 15) is 0 Å². The van der Waals surface area contributed by atoms with Crippen LogP contribution >= 0.6 is 15.8 Å². The van der Waals surface area contributed by atoms with Crippen LogP contribution in [0.25, 0.3) is 0 Å². The summed E-state index contributed by atoms with van der Waals surface area (Å²) in [6, 6.07) is 0. The molecule has 17 fully saturated rings. The summed E-state index contributed by atoms with van der Waals surface area (Å²) in [6.07, 6.45) is 42.4. The van der Waals surface area contributed by atoms with Crippen molar-refractivity contribution in [3.05, 3.63) is 0 Å². The molecule has 0 saturated heterocycles. The standard InChI is InChI=1S/C47H72P2/c1-2-4-43(49(46-39-17-30-7-31(19-39)20-40(46)18-30)47-41-21-32-8-33(23-41)24-42(47)22-32)34(3-1)25-48(44-35-9-26-5-27(11-35)12-36(44)10-26)45-37-13-28-6-29(15-37)16-38(45)14-28/h26-47H,1-25H2. The minimum atomic E-state index is 0.203. The Morgan fingerprint density at radius 1 is 0.306 bits per heavy atom. The highest BCUT2D eigenvalue weighted by atomic mass is 31.1. The maximum absolute atomic E-state index is 1.83. The Balaban J connectivity index is 0.879. The largest absolute Gasteiger partial charge is 0.0989 e. The molecule has 17 saturated carbocycles. The van der Waals surface area contributed by atoms with Crippen LogP contribution in [0.4, 0.5) is 0 Å². The monoisotopic (exact) mass is 699 g/mol. The fourth-order valence-electron chi connectivity index (χ4n) is 20.8. The molecule has 2 atom stereocenters. The molecule has 0 amide bonds. The summed E-state index contributed by atoms with van der Waals surface area (Å²) >= 11 is 0. The summed E-state index contributed by atoms with van der Waals surface area (Å²) in [5, 5.41) is 0. The van der Waals surface area contributed by atoms with Gasteiger partial charge in [0.15, 0.2) is 0 Å². The third-order valence-corrected chi connectivity index (χ3v) is 29.5. The van der Waals surface area contributed by atoms with Crippen LogP contribution in [-0.2, 0) is 0 Å². The topological polar surface area (TPSA) is 0 Å². The van der Waals surface area contributed by atoms with Crippen LogP contribution < -0.4 is 0 Å². The van der Waals surface area contributed by atoms with E-state index in [1.165, 1.54) is 105 Å². The lowest BCUT2D eigenvalue weighted by molar-refractivity contribution is 0.0117. The summed E-state index contributed by atoms with van der Waals surface area (Å²) in [6.45, 7) is 0. The third-order valence-electron chi connectivity index (χ3n) is 20.9. The Kier molecular flexibility index (Phi) is 7.42.